The summed E-state index contributed by atoms with van der Waals surface area (Å²) in [5.74, 6) is 1.74. The van der Waals surface area contributed by atoms with E-state index in [4.69, 9.17) is 9.84 Å². The SMILES string of the molecule is CCc1nn(-c2ccccc2)c2c1CN(C(=O)NCc1cccc(OC)c1)[C@H](c1cccc(C)c1)c1cccn1-2. The second-order valence-electron chi connectivity index (χ2n) is 10.1. The number of rotatable bonds is 6. The third kappa shape index (κ3) is 4.64. The lowest BCUT2D eigenvalue weighted by atomic mass is 10.00. The van der Waals surface area contributed by atoms with Gasteiger partial charge in [-0.05, 0) is 60.9 Å². The third-order valence-corrected chi connectivity index (χ3v) is 7.50. The molecule has 7 nitrogen and oxygen atoms in total. The van der Waals surface area contributed by atoms with Crippen LogP contribution in [0.5, 0.6) is 5.75 Å². The molecular weight excluding hydrogens is 498 g/mol. The normalized spacial score (nSPS) is 14.3. The van der Waals surface area contributed by atoms with Crippen LogP contribution in [0.4, 0.5) is 4.79 Å². The number of aromatic nitrogens is 3. The molecule has 3 aromatic carbocycles. The molecule has 2 aromatic heterocycles. The Hall–Kier alpha value is -4.78. The first-order chi connectivity index (χ1) is 19.6. The van der Waals surface area contributed by atoms with E-state index in [1.807, 2.05) is 58.1 Å². The number of methoxy groups -OCH3 is 1. The predicted molar refractivity (Wildman–Crippen MR) is 156 cm³/mol. The van der Waals surface area contributed by atoms with Crippen LogP contribution in [-0.4, -0.2) is 32.4 Å². The van der Waals surface area contributed by atoms with E-state index < -0.39 is 0 Å². The zero-order valence-corrected chi connectivity index (χ0v) is 23.0. The van der Waals surface area contributed by atoms with Gasteiger partial charge in [0.1, 0.15) is 11.6 Å². The molecule has 6 rings (SSSR count). The Labute approximate surface area is 234 Å². The molecule has 1 N–H and O–H groups in total. The zero-order chi connectivity index (χ0) is 27.6. The fraction of sp³-hybridized carbons (Fsp3) is 0.212. The predicted octanol–water partition coefficient (Wildman–Crippen LogP) is 6.36. The Morgan fingerprint density at radius 3 is 2.60 bits per heavy atom. The molecule has 0 unspecified atom stereocenters. The van der Waals surface area contributed by atoms with Crippen molar-refractivity contribution in [1.82, 2.24) is 24.6 Å². The summed E-state index contributed by atoms with van der Waals surface area (Å²) in [6.45, 7) is 5.02. The summed E-state index contributed by atoms with van der Waals surface area (Å²) in [6.07, 6.45) is 2.84. The topological polar surface area (TPSA) is 64.3 Å². The fourth-order valence-electron chi connectivity index (χ4n) is 5.60. The standard InChI is InChI=1S/C33H33N5O2/c1-4-29-28-22-37(33(39)34-21-24-12-9-16-27(20-24)40-3)31(25-13-8-11-23(2)19-25)30-17-10-18-36(30)32(28)38(35-29)26-14-6-5-7-15-26/h5-20,31H,4,21-22H2,1-3H3,(H,34,39)/t31-/m1/s1. The molecule has 202 valence electrons. The molecule has 7 heteroatoms. The molecule has 5 aromatic rings. The van der Waals surface area contributed by atoms with E-state index in [0.29, 0.717) is 13.1 Å². The number of hydrogen-bond acceptors (Lipinski definition) is 3. The van der Waals surface area contributed by atoms with Gasteiger partial charge in [-0.2, -0.15) is 5.10 Å². The quantitative estimate of drug-likeness (QED) is 0.277. The van der Waals surface area contributed by atoms with Gasteiger partial charge >= 0.3 is 6.03 Å². The molecule has 2 amide bonds. The molecule has 1 atom stereocenters. The molecule has 0 saturated heterocycles. The highest BCUT2D eigenvalue weighted by Crippen LogP contribution is 2.39. The lowest BCUT2D eigenvalue weighted by molar-refractivity contribution is 0.180. The van der Waals surface area contributed by atoms with Gasteiger partial charge in [-0.3, -0.25) is 0 Å². The van der Waals surface area contributed by atoms with Crippen LogP contribution in [0.15, 0.2) is 97.2 Å². The van der Waals surface area contributed by atoms with Crippen LogP contribution >= 0.6 is 0 Å². The minimum atomic E-state index is -0.290. The molecule has 40 heavy (non-hydrogen) atoms. The second-order valence-corrected chi connectivity index (χ2v) is 10.1. The van der Waals surface area contributed by atoms with E-state index >= 15 is 0 Å². The van der Waals surface area contributed by atoms with Gasteiger partial charge in [-0.25, -0.2) is 9.48 Å². The summed E-state index contributed by atoms with van der Waals surface area (Å²) in [6, 6.07) is 30.1. The van der Waals surface area contributed by atoms with E-state index in [1.165, 1.54) is 0 Å². The maximum atomic E-state index is 14.1. The molecule has 0 bridgehead atoms. The first-order valence-electron chi connectivity index (χ1n) is 13.6. The van der Waals surface area contributed by atoms with Crippen molar-refractivity contribution in [2.75, 3.05) is 7.11 Å². The number of ether oxygens (including phenoxy) is 1. The third-order valence-electron chi connectivity index (χ3n) is 7.50. The number of carbonyl (C=O) groups excluding carboxylic acids is 1. The monoisotopic (exact) mass is 531 g/mol. The highest BCUT2D eigenvalue weighted by Gasteiger charge is 2.36. The van der Waals surface area contributed by atoms with Gasteiger partial charge in [-0.15, -0.1) is 0 Å². The molecule has 0 radical (unpaired) electrons. The van der Waals surface area contributed by atoms with Gasteiger partial charge in [0.15, 0.2) is 0 Å². The van der Waals surface area contributed by atoms with E-state index in [1.54, 1.807) is 7.11 Å². The second kappa shape index (κ2) is 10.8. The first kappa shape index (κ1) is 25.5. The van der Waals surface area contributed by atoms with Crippen molar-refractivity contribution in [3.63, 3.8) is 0 Å². The minimum absolute atomic E-state index is 0.135. The number of hydrogen-bond donors (Lipinski definition) is 1. The average molecular weight is 532 g/mol. The molecule has 3 heterocycles. The largest absolute Gasteiger partial charge is 0.497 e. The van der Waals surface area contributed by atoms with Gasteiger partial charge < -0.3 is 19.5 Å². The Balaban J connectivity index is 1.48. The maximum absolute atomic E-state index is 14.1. The van der Waals surface area contributed by atoms with E-state index in [0.717, 1.165) is 57.3 Å². The van der Waals surface area contributed by atoms with Gasteiger partial charge in [0, 0.05) is 18.3 Å². The molecule has 0 fully saturated rings. The van der Waals surface area contributed by atoms with Crippen molar-refractivity contribution in [3.05, 3.63) is 131 Å². The van der Waals surface area contributed by atoms with Crippen molar-refractivity contribution >= 4 is 6.03 Å². The number of carbonyl (C=O) groups is 1. The minimum Gasteiger partial charge on any atom is -0.497 e. The number of aryl methyl sites for hydroxylation is 2. The number of fused-ring (bicyclic) bond motifs is 3. The number of benzene rings is 3. The Morgan fingerprint density at radius 1 is 1.00 bits per heavy atom. The van der Waals surface area contributed by atoms with Crippen LogP contribution in [0.25, 0.3) is 11.5 Å². The summed E-state index contributed by atoms with van der Waals surface area (Å²) in [7, 11) is 1.65. The number of para-hydroxylation sites is 1. The number of urea groups is 1. The maximum Gasteiger partial charge on any atom is 0.318 e. The summed E-state index contributed by atoms with van der Waals surface area (Å²) in [4.78, 5) is 16.1. The van der Waals surface area contributed by atoms with Gasteiger partial charge in [0.25, 0.3) is 0 Å². The summed E-state index contributed by atoms with van der Waals surface area (Å²) < 4.78 is 9.60. The number of amides is 2. The Kier molecular flexibility index (Phi) is 6.86. The van der Waals surface area contributed by atoms with Crippen molar-refractivity contribution in [1.29, 1.82) is 0 Å². The van der Waals surface area contributed by atoms with Gasteiger partial charge in [0.2, 0.25) is 0 Å². The van der Waals surface area contributed by atoms with Crippen LogP contribution in [-0.2, 0) is 19.5 Å². The highest BCUT2D eigenvalue weighted by atomic mass is 16.5. The van der Waals surface area contributed by atoms with Crippen molar-refractivity contribution in [2.45, 2.75) is 39.4 Å². The number of nitrogens with one attached hydrogen (secondary N) is 1. The summed E-state index contributed by atoms with van der Waals surface area (Å²) in [5.41, 5.74) is 7.23. The van der Waals surface area contributed by atoms with Crippen LogP contribution in [0.3, 0.4) is 0 Å². The van der Waals surface area contributed by atoms with Crippen molar-refractivity contribution < 1.29 is 9.53 Å². The van der Waals surface area contributed by atoms with Gasteiger partial charge in [0.05, 0.1) is 36.8 Å². The lowest BCUT2D eigenvalue weighted by Crippen LogP contribution is -2.41. The molecule has 0 saturated carbocycles. The molecule has 0 spiro atoms. The highest BCUT2D eigenvalue weighted by molar-refractivity contribution is 5.76. The van der Waals surface area contributed by atoms with Crippen molar-refractivity contribution in [2.24, 2.45) is 0 Å². The molecule has 0 aliphatic carbocycles. The smallest absolute Gasteiger partial charge is 0.318 e. The summed E-state index contributed by atoms with van der Waals surface area (Å²) >= 11 is 0. The molecular formula is C33H33N5O2. The van der Waals surface area contributed by atoms with E-state index in [-0.39, 0.29) is 12.1 Å². The van der Waals surface area contributed by atoms with Crippen molar-refractivity contribution in [3.8, 4) is 17.3 Å². The van der Waals surface area contributed by atoms with Gasteiger partial charge in [-0.1, -0.05) is 67.1 Å². The lowest BCUT2D eigenvalue weighted by Gasteiger charge is -2.31. The molecule has 1 aliphatic rings. The van der Waals surface area contributed by atoms with Crippen LogP contribution < -0.4 is 10.1 Å². The van der Waals surface area contributed by atoms with E-state index in [9.17, 15) is 4.79 Å². The summed E-state index contributed by atoms with van der Waals surface area (Å²) in [5, 5.41) is 8.23. The molecule has 1 aliphatic heterocycles. The van der Waals surface area contributed by atoms with E-state index in [2.05, 4.69) is 72.4 Å². The number of nitrogens with zero attached hydrogens (tertiary/aromatic N) is 4. The van der Waals surface area contributed by atoms with Crippen LogP contribution in [0, 0.1) is 6.92 Å². The van der Waals surface area contributed by atoms with Crippen LogP contribution in [0.1, 0.15) is 46.6 Å². The Morgan fingerprint density at radius 2 is 1.82 bits per heavy atom. The first-order valence-corrected chi connectivity index (χ1v) is 13.6. The average Bonchev–Trinajstić information content (AvgIpc) is 3.57. The fourth-order valence-corrected chi connectivity index (χ4v) is 5.60. The van der Waals surface area contributed by atoms with Crippen LogP contribution in [0.2, 0.25) is 0 Å². The zero-order valence-electron chi connectivity index (χ0n) is 23.0. The Bertz CT molecular complexity index is 1650.